The summed E-state index contributed by atoms with van der Waals surface area (Å²) < 4.78 is 1.13. The summed E-state index contributed by atoms with van der Waals surface area (Å²) in [5.41, 5.74) is 2.67. The summed E-state index contributed by atoms with van der Waals surface area (Å²) in [5.74, 6) is 2.73. The lowest BCUT2D eigenvalue weighted by molar-refractivity contribution is 0.503. The third-order valence-electron chi connectivity index (χ3n) is 2.83. The van der Waals surface area contributed by atoms with Crippen molar-refractivity contribution in [2.24, 2.45) is 0 Å². The molecule has 1 N–H and O–H groups in total. The van der Waals surface area contributed by atoms with Gasteiger partial charge in [0.2, 0.25) is 0 Å². The fourth-order valence-electron chi connectivity index (χ4n) is 1.94. The molecule has 1 nitrogen and oxygen atoms in total. The Balaban J connectivity index is 2.83. The summed E-state index contributed by atoms with van der Waals surface area (Å²) in [6.45, 7) is 5.36. The molecule has 0 radical (unpaired) electrons. The molecule has 0 heterocycles. The molecule has 92 valence electrons. The molecule has 0 fully saturated rings. The maximum Gasteiger partial charge on any atom is 0.0331 e. The molecule has 17 heavy (non-hydrogen) atoms. The molecule has 1 unspecified atom stereocenters. The Labute approximate surface area is 113 Å². The minimum Gasteiger partial charge on any atom is -0.310 e. The molecule has 1 aromatic carbocycles. The minimum absolute atomic E-state index is 0.374. The van der Waals surface area contributed by atoms with E-state index >= 15 is 0 Å². The number of halogens is 1. The van der Waals surface area contributed by atoms with Gasteiger partial charge < -0.3 is 5.32 Å². The maximum atomic E-state index is 5.36. The van der Waals surface area contributed by atoms with E-state index in [0.717, 1.165) is 30.3 Å². The quantitative estimate of drug-likeness (QED) is 0.775. The average molecular weight is 294 g/mol. The summed E-state index contributed by atoms with van der Waals surface area (Å²) in [5, 5.41) is 3.57. The Hall–Kier alpha value is -0.780. The highest BCUT2D eigenvalue weighted by Gasteiger charge is 2.12. The van der Waals surface area contributed by atoms with Crippen LogP contribution in [0.5, 0.6) is 0 Å². The van der Waals surface area contributed by atoms with Gasteiger partial charge in [-0.15, -0.1) is 12.3 Å². The van der Waals surface area contributed by atoms with E-state index in [1.54, 1.807) is 0 Å². The van der Waals surface area contributed by atoms with Crippen LogP contribution in [-0.4, -0.2) is 6.54 Å². The Morgan fingerprint density at radius 1 is 1.47 bits per heavy atom. The van der Waals surface area contributed by atoms with Gasteiger partial charge >= 0.3 is 0 Å². The first-order chi connectivity index (χ1) is 8.19. The first-order valence-corrected chi connectivity index (χ1v) is 6.91. The van der Waals surface area contributed by atoms with Crippen LogP contribution in [0.3, 0.4) is 0 Å². The van der Waals surface area contributed by atoms with Crippen molar-refractivity contribution in [1.29, 1.82) is 0 Å². The molecule has 1 atom stereocenters. The van der Waals surface area contributed by atoms with Crippen LogP contribution in [0.1, 0.15) is 43.4 Å². The number of aryl methyl sites for hydroxylation is 1. The van der Waals surface area contributed by atoms with Crippen LogP contribution in [0.4, 0.5) is 0 Å². The normalized spacial score (nSPS) is 12.1. The first kappa shape index (κ1) is 14.3. The molecular formula is C15H20BrN. The summed E-state index contributed by atoms with van der Waals surface area (Å²) in [4.78, 5) is 0. The molecule has 1 aromatic rings. The Morgan fingerprint density at radius 3 is 2.82 bits per heavy atom. The summed E-state index contributed by atoms with van der Waals surface area (Å²) in [6, 6.07) is 6.81. The molecule has 0 aliphatic heterocycles. The lowest BCUT2D eigenvalue weighted by atomic mass is 9.97. The average Bonchev–Trinajstić information content (AvgIpc) is 2.30. The van der Waals surface area contributed by atoms with Gasteiger partial charge in [-0.2, -0.15) is 0 Å². The zero-order chi connectivity index (χ0) is 12.7. The van der Waals surface area contributed by atoms with E-state index in [0.29, 0.717) is 6.04 Å². The van der Waals surface area contributed by atoms with E-state index in [-0.39, 0.29) is 0 Å². The third-order valence-corrected chi connectivity index (χ3v) is 3.32. The summed E-state index contributed by atoms with van der Waals surface area (Å²) in [7, 11) is 0. The molecule has 0 aliphatic rings. The molecule has 0 saturated heterocycles. The van der Waals surface area contributed by atoms with E-state index in [9.17, 15) is 0 Å². The van der Waals surface area contributed by atoms with Crippen LogP contribution in [0.15, 0.2) is 22.7 Å². The van der Waals surface area contributed by atoms with Crippen molar-refractivity contribution < 1.29 is 0 Å². The van der Waals surface area contributed by atoms with Crippen LogP contribution in [-0.2, 0) is 0 Å². The smallest absolute Gasteiger partial charge is 0.0331 e. The predicted molar refractivity (Wildman–Crippen MR) is 78.0 cm³/mol. The first-order valence-electron chi connectivity index (χ1n) is 6.12. The summed E-state index contributed by atoms with van der Waals surface area (Å²) >= 11 is 3.50. The number of terminal acetylenes is 1. The molecule has 0 spiro atoms. The predicted octanol–water partition coefficient (Wildman–Crippen LogP) is 4.21. The molecule has 1 rings (SSSR count). The molecule has 0 bridgehead atoms. The van der Waals surface area contributed by atoms with E-state index < -0.39 is 0 Å². The largest absolute Gasteiger partial charge is 0.310 e. The van der Waals surface area contributed by atoms with E-state index in [2.05, 4.69) is 59.2 Å². The summed E-state index contributed by atoms with van der Waals surface area (Å²) in [6.07, 6.45) is 8.32. The number of rotatable bonds is 6. The zero-order valence-corrected chi connectivity index (χ0v) is 12.2. The maximum absolute atomic E-state index is 5.36. The van der Waals surface area contributed by atoms with Crippen molar-refractivity contribution in [2.45, 2.75) is 39.2 Å². The highest BCUT2D eigenvalue weighted by atomic mass is 79.9. The van der Waals surface area contributed by atoms with Crippen molar-refractivity contribution in [3.8, 4) is 12.3 Å². The Morgan fingerprint density at radius 2 is 2.24 bits per heavy atom. The lowest BCUT2D eigenvalue weighted by Crippen LogP contribution is -2.22. The van der Waals surface area contributed by atoms with Crippen LogP contribution in [0.25, 0.3) is 0 Å². The van der Waals surface area contributed by atoms with Crippen molar-refractivity contribution in [3.05, 3.63) is 33.8 Å². The number of hydrogen-bond acceptors (Lipinski definition) is 1. The standard InChI is InChI=1S/C15H20BrN/c1-4-6-7-15(17-10-5-2)14-9-8-13(16)11-12(14)3/h1,8-9,11,15,17H,5-7,10H2,2-3H3. The van der Waals surface area contributed by atoms with Gasteiger partial charge in [0.25, 0.3) is 0 Å². The molecule has 0 saturated carbocycles. The molecule has 0 aliphatic carbocycles. The monoisotopic (exact) mass is 293 g/mol. The Bertz CT molecular complexity index is 392. The van der Waals surface area contributed by atoms with Crippen molar-refractivity contribution in [2.75, 3.05) is 6.54 Å². The van der Waals surface area contributed by atoms with Gasteiger partial charge in [-0.25, -0.2) is 0 Å². The zero-order valence-electron chi connectivity index (χ0n) is 10.6. The molecule has 0 aromatic heterocycles. The van der Waals surface area contributed by atoms with Crippen molar-refractivity contribution in [3.63, 3.8) is 0 Å². The van der Waals surface area contributed by atoms with Crippen molar-refractivity contribution >= 4 is 15.9 Å². The number of benzene rings is 1. The Kier molecular flexibility index (Phi) is 6.32. The minimum atomic E-state index is 0.374. The highest BCUT2D eigenvalue weighted by Crippen LogP contribution is 2.24. The second-order valence-electron chi connectivity index (χ2n) is 4.25. The van der Waals surface area contributed by atoms with Gasteiger partial charge in [-0.05, 0) is 49.6 Å². The van der Waals surface area contributed by atoms with Gasteiger partial charge in [-0.1, -0.05) is 28.9 Å². The van der Waals surface area contributed by atoms with Crippen molar-refractivity contribution in [1.82, 2.24) is 5.32 Å². The van der Waals surface area contributed by atoms with Crippen LogP contribution < -0.4 is 5.32 Å². The van der Waals surface area contributed by atoms with E-state index in [1.807, 2.05) is 0 Å². The fourth-order valence-corrected chi connectivity index (χ4v) is 2.42. The molecular weight excluding hydrogens is 274 g/mol. The van der Waals surface area contributed by atoms with Gasteiger partial charge in [0.15, 0.2) is 0 Å². The highest BCUT2D eigenvalue weighted by molar-refractivity contribution is 9.10. The molecule has 0 amide bonds. The second kappa shape index (κ2) is 7.53. The van der Waals surface area contributed by atoms with Gasteiger partial charge in [0.05, 0.1) is 0 Å². The van der Waals surface area contributed by atoms with Crippen LogP contribution in [0, 0.1) is 19.3 Å². The number of nitrogens with one attached hydrogen (secondary N) is 1. The fraction of sp³-hybridized carbons (Fsp3) is 0.467. The third kappa shape index (κ3) is 4.53. The molecule has 2 heteroatoms. The second-order valence-corrected chi connectivity index (χ2v) is 5.17. The topological polar surface area (TPSA) is 12.0 Å². The van der Waals surface area contributed by atoms with Crippen LogP contribution in [0.2, 0.25) is 0 Å². The van der Waals surface area contributed by atoms with E-state index in [1.165, 1.54) is 11.1 Å². The number of hydrogen-bond donors (Lipinski definition) is 1. The lowest BCUT2D eigenvalue weighted by Gasteiger charge is -2.20. The SMILES string of the molecule is C#CCCC(NCCC)c1ccc(Br)cc1C. The van der Waals surface area contributed by atoms with Gasteiger partial charge in [0, 0.05) is 16.9 Å². The van der Waals surface area contributed by atoms with Gasteiger partial charge in [0.1, 0.15) is 0 Å². The van der Waals surface area contributed by atoms with E-state index in [4.69, 9.17) is 6.42 Å². The van der Waals surface area contributed by atoms with Crippen LogP contribution >= 0.6 is 15.9 Å². The van der Waals surface area contributed by atoms with Gasteiger partial charge in [-0.3, -0.25) is 0 Å².